The zero-order valence-electron chi connectivity index (χ0n) is 11.6. The summed E-state index contributed by atoms with van der Waals surface area (Å²) in [6.07, 6.45) is 0.892. The maximum absolute atomic E-state index is 9.45. The van der Waals surface area contributed by atoms with Gasteiger partial charge >= 0.3 is 0 Å². The van der Waals surface area contributed by atoms with E-state index in [0.29, 0.717) is 11.1 Å². The first-order valence-electron chi connectivity index (χ1n) is 6.27. The zero-order valence-corrected chi connectivity index (χ0v) is 12.4. The molecule has 0 saturated carbocycles. The van der Waals surface area contributed by atoms with Crippen molar-refractivity contribution in [2.24, 2.45) is 11.7 Å². The van der Waals surface area contributed by atoms with Gasteiger partial charge < -0.3 is 10.8 Å². The zero-order chi connectivity index (χ0) is 13.7. The second-order valence-corrected chi connectivity index (χ2v) is 6.27. The lowest BCUT2D eigenvalue weighted by Crippen LogP contribution is -2.36. The van der Waals surface area contributed by atoms with Crippen LogP contribution in [0.1, 0.15) is 31.7 Å². The highest BCUT2D eigenvalue weighted by Crippen LogP contribution is 2.24. The average Bonchev–Trinajstić information content (AvgIpc) is 2.23. The lowest BCUT2D eigenvalue weighted by Gasteiger charge is -2.22. The third kappa shape index (κ3) is 4.92. The third-order valence-electron chi connectivity index (χ3n) is 2.62. The van der Waals surface area contributed by atoms with E-state index in [1.54, 1.807) is 0 Å². The highest BCUT2D eigenvalue weighted by atomic mass is 32.2. The lowest BCUT2D eigenvalue weighted by molar-refractivity contribution is 0.274. The minimum absolute atomic E-state index is 0.0376. The minimum Gasteiger partial charge on any atom is -0.395 e. The molecule has 0 amide bonds. The van der Waals surface area contributed by atoms with Crippen LogP contribution in [0.4, 0.5) is 0 Å². The molecule has 1 heterocycles. The summed E-state index contributed by atoms with van der Waals surface area (Å²) in [5, 5.41) is 10.1. The van der Waals surface area contributed by atoms with Crippen molar-refractivity contribution in [1.82, 2.24) is 9.97 Å². The molecule has 4 nitrogen and oxygen atoms in total. The van der Waals surface area contributed by atoms with Crippen LogP contribution in [0.15, 0.2) is 11.2 Å². The van der Waals surface area contributed by atoms with Crippen molar-refractivity contribution in [3.05, 3.63) is 17.5 Å². The maximum Gasteiger partial charge on any atom is 0.188 e. The number of nitrogens with zero attached hydrogens (tertiary/aromatic N) is 2. The number of nitrogens with two attached hydrogens (primary N) is 1. The van der Waals surface area contributed by atoms with E-state index in [1.807, 2.05) is 19.9 Å². The number of hydrogen-bond donors (Lipinski definition) is 2. The standard InChI is InChI=1S/C13H23N3OS/c1-8(2)5-11(14)12(7-17)18-13-15-9(3)6-10(4)16-13/h6,8,11-12,17H,5,7,14H2,1-4H3. The van der Waals surface area contributed by atoms with Crippen molar-refractivity contribution in [3.8, 4) is 0 Å². The summed E-state index contributed by atoms with van der Waals surface area (Å²) in [6, 6.07) is 1.90. The van der Waals surface area contributed by atoms with Crippen molar-refractivity contribution in [1.29, 1.82) is 0 Å². The van der Waals surface area contributed by atoms with Crippen molar-refractivity contribution in [3.63, 3.8) is 0 Å². The normalized spacial score (nSPS) is 14.8. The van der Waals surface area contributed by atoms with Gasteiger partial charge in [-0.05, 0) is 32.3 Å². The molecule has 5 heteroatoms. The van der Waals surface area contributed by atoms with Gasteiger partial charge in [-0.2, -0.15) is 0 Å². The van der Waals surface area contributed by atoms with E-state index < -0.39 is 0 Å². The Morgan fingerprint density at radius 2 is 1.83 bits per heavy atom. The Hall–Kier alpha value is -0.650. The first-order valence-corrected chi connectivity index (χ1v) is 7.15. The van der Waals surface area contributed by atoms with Gasteiger partial charge in [0, 0.05) is 17.4 Å². The van der Waals surface area contributed by atoms with Crippen molar-refractivity contribution < 1.29 is 5.11 Å². The molecule has 3 N–H and O–H groups in total. The molecule has 0 saturated heterocycles. The second-order valence-electron chi connectivity index (χ2n) is 5.07. The number of aromatic nitrogens is 2. The van der Waals surface area contributed by atoms with Crippen LogP contribution in [0.5, 0.6) is 0 Å². The van der Waals surface area contributed by atoms with Crippen LogP contribution >= 0.6 is 11.8 Å². The molecule has 0 bridgehead atoms. The van der Waals surface area contributed by atoms with Crippen LogP contribution in [-0.4, -0.2) is 33.0 Å². The summed E-state index contributed by atoms with van der Waals surface area (Å²) in [6.45, 7) is 8.20. The Morgan fingerprint density at radius 3 is 2.28 bits per heavy atom. The van der Waals surface area contributed by atoms with E-state index in [0.717, 1.165) is 17.8 Å². The van der Waals surface area contributed by atoms with E-state index in [9.17, 15) is 5.11 Å². The number of hydrogen-bond acceptors (Lipinski definition) is 5. The van der Waals surface area contributed by atoms with Gasteiger partial charge in [0.05, 0.1) is 11.9 Å². The molecular weight excluding hydrogens is 246 g/mol. The number of thioether (sulfide) groups is 1. The highest BCUT2D eigenvalue weighted by molar-refractivity contribution is 7.99. The fourth-order valence-corrected chi connectivity index (χ4v) is 2.86. The molecular formula is C13H23N3OS. The molecule has 0 spiro atoms. The van der Waals surface area contributed by atoms with E-state index in [2.05, 4.69) is 23.8 Å². The molecule has 1 rings (SSSR count). The Morgan fingerprint density at radius 1 is 1.28 bits per heavy atom. The van der Waals surface area contributed by atoms with Crippen molar-refractivity contribution >= 4 is 11.8 Å². The van der Waals surface area contributed by atoms with Crippen molar-refractivity contribution in [2.75, 3.05) is 6.61 Å². The molecule has 18 heavy (non-hydrogen) atoms. The Labute approximate surface area is 113 Å². The molecule has 1 aromatic heterocycles. The fraction of sp³-hybridized carbons (Fsp3) is 0.692. The predicted molar refractivity (Wildman–Crippen MR) is 75.7 cm³/mol. The van der Waals surface area contributed by atoms with E-state index in [1.165, 1.54) is 11.8 Å². The number of aliphatic hydroxyl groups is 1. The van der Waals surface area contributed by atoms with Gasteiger partial charge in [0.1, 0.15) is 0 Å². The molecule has 2 atom stereocenters. The second kappa shape index (κ2) is 7.07. The third-order valence-corrected chi connectivity index (χ3v) is 3.81. The van der Waals surface area contributed by atoms with Crippen LogP contribution in [0, 0.1) is 19.8 Å². The van der Waals surface area contributed by atoms with Gasteiger partial charge in [-0.3, -0.25) is 0 Å². The number of rotatable bonds is 6. The van der Waals surface area contributed by atoms with Crippen LogP contribution in [-0.2, 0) is 0 Å². The molecule has 0 radical (unpaired) electrons. The monoisotopic (exact) mass is 269 g/mol. The van der Waals surface area contributed by atoms with Crippen LogP contribution < -0.4 is 5.73 Å². The first-order chi connectivity index (χ1) is 8.42. The molecule has 0 aliphatic heterocycles. The molecule has 0 aromatic carbocycles. The van der Waals surface area contributed by atoms with Gasteiger partial charge in [0.15, 0.2) is 5.16 Å². The summed E-state index contributed by atoms with van der Waals surface area (Å²) in [5.74, 6) is 0.523. The smallest absolute Gasteiger partial charge is 0.188 e. The van der Waals surface area contributed by atoms with Gasteiger partial charge in [-0.15, -0.1) is 0 Å². The summed E-state index contributed by atoms with van der Waals surface area (Å²) in [4.78, 5) is 8.74. The average molecular weight is 269 g/mol. The van der Waals surface area contributed by atoms with Crippen LogP contribution in [0.2, 0.25) is 0 Å². The van der Waals surface area contributed by atoms with E-state index in [4.69, 9.17) is 5.73 Å². The minimum atomic E-state index is -0.0476. The highest BCUT2D eigenvalue weighted by Gasteiger charge is 2.20. The largest absolute Gasteiger partial charge is 0.395 e. The molecule has 102 valence electrons. The summed E-state index contributed by atoms with van der Waals surface area (Å²) >= 11 is 1.47. The molecule has 2 unspecified atom stereocenters. The topological polar surface area (TPSA) is 72.0 Å². The maximum atomic E-state index is 9.45. The SMILES string of the molecule is Cc1cc(C)nc(SC(CO)C(N)CC(C)C)n1. The van der Waals surface area contributed by atoms with E-state index in [-0.39, 0.29) is 17.9 Å². The number of aliphatic hydroxyl groups excluding tert-OH is 1. The summed E-state index contributed by atoms with van der Waals surface area (Å²) in [5.41, 5.74) is 8.00. The van der Waals surface area contributed by atoms with Gasteiger partial charge in [0.25, 0.3) is 0 Å². The first kappa shape index (κ1) is 15.4. The molecule has 1 aromatic rings. The van der Waals surface area contributed by atoms with E-state index >= 15 is 0 Å². The van der Waals surface area contributed by atoms with Gasteiger partial charge in [-0.1, -0.05) is 25.6 Å². The Kier molecular flexibility index (Phi) is 6.05. The summed E-state index contributed by atoms with van der Waals surface area (Å²) < 4.78 is 0. The Balaban J connectivity index is 2.72. The molecule has 0 fully saturated rings. The number of aryl methyl sites for hydroxylation is 2. The van der Waals surface area contributed by atoms with Crippen LogP contribution in [0.25, 0.3) is 0 Å². The quantitative estimate of drug-likeness (QED) is 0.610. The van der Waals surface area contributed by atoms with Gasteiger partial charge in [-0.25, -0.2) is 9.97 Å². The van der Waals surface area contributed by atoms with Gasteiger partial charge in [0.2, 0.25) is 0 Å². The Bertz CT molecular complexity index is 364. The van der Waals surface area contributed by atoms with Crippen LogP contribution in [0.3, 0.4) is 0 Å². The summed E-state index contributed by atoms with van der Waals surface area (Å²) in [7, 11) is 0. The fourth-order valence-electron chi connectivity index (χ4n) is 1.84. The molecule has 0 aliphatic rings. The molecule has 0 aliphatic carbocycles. The lowest BCUT2D eigenvalue weighted by atomic mass is 10.0. The predicted octanol–water partition coefficient (Wildman–Crippen LogP) is 1.92. The van der Waals surface area contributed by atoms with Crippen molar-refractivity contribution in [2.45, 2.75) is 50.6 Å².